The molecule has 0 aliphatic carbocycles. The van der Waals surface area contributed by atoms with E-state index in [1.54, 1.807) is 13.1 Å². The van der Waals surface area contributed by atoms with Crippen molar-refractivity contribution in [1.29, 1.82) is 0 Å². The highest BCUT2D eigenvalue weighted by molar-refractivity contribution is 5.68. The van der Waals surface area contributed by atoms with Crippen LogP contribution in [-0.2, 0) is 9.63 Å². The first kappa shape index (κ1) is 12.3. The van der Waals surface area contributed by atoms with Gasteiger partial charge in [-0.25, -0.2) is 23.4 Å². The van der Waals surface area contributed by atoms with Crippen LogP contribution >= 0.6 is 0 Å². The molecule has 1 N–H and O–H groups in total. The molecule has 1 aliphatic rings. The van der Waals surface area contributed by atoms with Crippen LogP contribution in [0.1, 0.15) is 6.42 Å². The zero-order chi connectivity index (χ0) is 10.5. The van der Waals surface area contributed by atoms with Gasteiger partial charge < -0.3 is 4.84 Å². The van der Waals surface area contributed by atoms with Crippen LogP contribution < -0.4 is 23.7 Å². The summed E-state index contributed by atoms with van der Waals surface area (Å²) >= 11 is 0. The summed E-state index contributed by atoms with van der Waals surface area (Å²) in [6.07, 6.45) is 3.73. The lowest BCUT2D eigenvalue weighted by Crippen LogP contribution is -3.10. The lowest BCUT2D eigenvalue weighted by molar-refractivity contribution is -2.00. The quantitative estimate of drug-likeness (QED) is 0.427. The molecule has 7 nitrogen and oxygen atoms in total. The molecule has 0 bridgehead atoms. The molecule has 1 aliphatic heterocycles. The van der Waals surface area contributed by atoms with Gasteiger partial charge in [0.05, 0.1) is 6.42 Å². The number of hydroxylamine groups is 2. The first-order valence-corrected chi connectivity index (χ1v) is 4.34. The summed E-state index contributed by atoms with van der Waals surface area (Å²) in [6, 6.07) is 0. The van der Waals surface area contributed by atoms with Crippen molar-refractivity contribution in [3.63, 3.8) is 0 Å². The molecule has 0 aromatic carbocycles. The molecular formula is C5H8ClNO6. The Morgan fingerprint density at radius 2 is 1.92 bits per heavy atom. The predicted octanol–water partition coefficient (Wildman–Crippen LogP) is -5.88. The van der Waals surface area contributed by atoms with Crippen molar-refractivity contribution in [2.75, 3.05) is 7.05 Å². The third-order valence-electron chi connectivity index (χ3n) is 1.04. The summed E-state index contributed by atoms with van der Waals surface area (Å²) in [4.78, 5) is 15.4. The molecule has 0 radical (unpaired) electrons. The van der Waals surface area contributed by atoms with Gasteiger partial charge in [0.15, 0.2) is 6.26 Å². The number of hydrogen-bond donors (Lipinski definition) is 1. The van der Waals surface area contributed by atoms with Crippen molar-refractivity contribution >= 4 is 5.91 Å². The Balaban J connectivity index is 0.000000252. The van der Waals surface area contributed by atoms with Crippen LogP contribution in [0.15, 0.2) is 12.3 Å². The summed E-state index contributed by atoms with van der Waals surface area (Å²) in [5, 5.41) is 0.493. The van der Waals surface area contributed by atoms with Crippen LogP contribution in [0, 0.1) is 10.2 Å². The first-order chi connectivity index (χ1) is 5.80. The first-order valence-electron chi connectivity index (χ1n) is 3.11. The number of nitrogens with one attached hydrogen (secondary N) is 1. The predicted molar refractivity (Wildman–Crippen MR) is 26.7 cm³/mol. The average molecular weight is 214 g/mol. The Kier molecular flexibility index (Phi) is 4.85. The minimum absolute atomic E-state index is 0.0764. The molecule has 0 aromatic rings. The SMILES string of the molecule is C[NH+]1OC=CCC1=O.[O-][Cl+3]([O-])([O-])[O-]. The van der Waals surface area contributed by atoms with Crippen molar-refractivity contribution in [3.8, 4) is 0 Å². The maximum Gasteiger partial charge on any atom is 0.356 e. The van der Waals surface area contributed by atoms with Gasteiger partial charge in [0, 0.05) is 0 Å². The number of halogens is 1. The van der Waals surface area contributed by atoms with E-state index >= 15 is 0 Å². The van der Waals surface area contributed by atoms with Crippen LogP contribution in [0.4, 0.5) is 0 Å². The van der Waals surface area contributed by atoms with E-state index < -0.39 is 10.2 Å². The van der Waals surface area contributed by atoms with E-state index in [4.69, 9.17) is 23.5 Å². The number of hydrogen-bond acceptors (Lipinski definition) is 6. The number of carbonyl (C=O) groups excluding carboxylic acids is 1. The molecule has 0 saturated heterocycles. The van der Waals surface area contributed by atoms with Crippen molar-refractivity contribution in [2.24, 2.45) is 0 Å². The van der Waals surface area contributed by atoms with E-state index in [0.717, 1.165) is 0 Å². The number of quaternary nitrogens is 1. The van der Waals surface area contributed by atoms with Crippen LogP contribution in [0.5, 0.6) is 0 Å². The van der Waals surface area contributed by atoms with Crippen LogP contribution in [0.2, 0.25) is 0 Å². The fraction of sp³-hybridized carbons (Fsp3) is 0.400. The van der Waals surface area contributed by atoms with Crippen LogP contribution in [-0.4, -0.2) is 13.0 Å². The minimum atomic E-state index is -4.94. The molecule has 1 atom stereocenters. The zero-order valence-corrected chi connectivity index (χ0v) is 7.45. The third-order valence-corrected chi connectivity index (χ3v) is 1.04. The monoisotopic (exact) mass is 213 g/mol. The Labute approximate surface area is 76.1 Å². The Morgan fingerprint density at radius 3 is 2.15 bits per heavy atom. The largest absolute Gasteiger partial charge is 0.356 e. The highest BCUT2D eigenvalue weighted by Gasteiger charge is 2.15. The van der Waals surface area contributed by atoms with Crippen molar-refractivity contribution < 1.29 is 43.6 Å². The number of rotatable bonds is 0. The van der Waals surface area contributed by atoms with Gasteiger partial charge in [-0.1, -0.05) is 5.06 Å². The summed E-state index contributed by atoms with van der Waals surface area (Å²) in [5.41, 5.74) is 0. The van der Waals surface area contributed by atoms with E-state index in [1.165, 1.54) is 6.26 Å². The lowest BCUT2D eigenvalue weighted by Gasteiger charge is -2.17. The smallest absolute Gasteiger partial charge is 0.318 e. The van der Waals surface area contributed by atoms with Crippen LogP contribution in [0.25, 0.3) is 0 Å². The number of amides is 1. The van der Waals surface area contributed by atoms with Gasteiger partial charge in [-0.2, -0.15) is 0 Å². The molecule has 76 valence electrons. The summed E-state index contributed by atoms with van der Waals surface area (Å²) in [5.74, 6) is 0.0764. The fourth-order valence-electron chi connectivity index (χ4n) is 0.515. The second kappa shape index (κ2) is 5.12. The molecule has 0 spiro atoms. The maximum atomic E-state index is 10.6. The van der Waals surface area contributed by atoms with Gasteiger partial charge in [0.1, 0.15) is 7.05 Å². The fourth-order valence-corrected chi connectivity index (χ4v) is 0.515. The Hall–Kier alpha value is -0.700. The minimum Gasteiger partial charge on any atom is -0.318 e. The highest BCUT2D eigenvalue weighted by Crippen LogP contribution is 1.83. The molecule has 1 unspecified atom stereocenters. The van der Waals surface area contributed by atoms with E-state index in [0.29, 0.717) is 11.5 Å². The molecule has 1 amide bonds. The maximum absolute atomic E-state index is 10.6. The van der Waals surface area contributed by atoms with Gasteiger partial charge in [-0.05, 0) is 6.08 Å². The van der Waals surface area contributed by atoms with Crippen molar-refractivity contribution in [3.05, 3.63) is 12.3 Å². The lowest BCUT2D eigenvalue weighted by atomic mass is 10.4. The normalized spacial score (nSPS) is 21.6. The van der Waals surface area contributed by atoms with Gasteiger partial charge in [-0.3, -0.25) is 0 Å². The average Bonchev–Trinajstić information content (AvgIpc) is 1.92. The second-order valence-electron chi connectivity index (χ2n) is 2.05. The standard InChI is InChI=1S/C5H7NO2.ClHO4/c1-6-5(7)3-2-4-8-6;2-1(3,4)5/h2,4H,3H2,1H3;(H,2,3,4,5). The number of carbonyl (C=O) groups is 1. The van der Waals surface area contributed by atoms with Gasteiger partial charge in [-0.15, -0.1) is 10.2 Å². The molecule has 0 saturated carbocycles. The highest BCUT2D eigenvalue weighted by atomic mass is 35.7. The Bertz CT molecular complexity index is 194. The van der Waals surface area contributed by atoms with Crippen molar-refractivity contribution in [1.82, 2.24) is 0 Å². The summed E-state index contributed by atoms with van der Waals surface area (Å²) < 4.78 is 34.0. The molecule has 8 heteroatoms. The van der Waals surface area contributed by atoms with Gasteiger partial charge >= 0.3 is 5.91 Å². The van der Waals surface area contributed by atoms with Gasteiger partial charge in [0.25, 0.3) is 0 Å². The van der Waals surface area contributed by atoms with E-state index in [1.807, 2.05) is 0 Å². The summed E-state index contributed by atoms with van der Waals surface area (Å²) in [7, 11) is -3.27. The molecule has 1 rings (SSSR count). The molecular weight excluding hydrogens is 206 g/mol. The molecule has 0 aromatic heterocycles. The second-order valence-corrected chi connectivity index (χ2v) is 2.81. The van der Waals surface area contributed by atoms with Crippen LogP contribution in [0.3, 0.4) is 0 Å². The molecule has 0 fully saturated rings. The van der Waals surface area contributed by atoms with E-state index in [2.05, 4.69) is 0 Å². The molecule has 13 heavy (non-hydrogen) atoms. The van der Waals surface area contributed by atoms with E-state index in [9.17, 15) is 4.79 Å². The van der Waals surface area contributed by atoms with Gasteiger partial charge in [0.2, 0.25) is 0 Å². The summed E-state index contributed by atoms with van der Waals surface area (Å²) in [6.45, 7) is 0. The Morgan fingerprint density at radius 1 is 1.46 bits per heavy atom. The third kappa shape index (κ3) is 9.21. The van der Waals surface area contributed by atoms with E-state index in [-0.39, 0.29) is 5.91 Å². The molecule has 1 heterocycles. The van der Waals surface area contributed by atoms with Crippen molar-refractivity contribution in [2.45, 2.75) is 6.42 Å². The topological polar surface area (TPSA) is 123 Å². The zero-order valence-electron chi connectivity index (χ0n) is 6.69.